The van der Waals surface area contributed by atoms with Crippen molar-refractivity contribution in [3.8, 4) is 5.75 Å². The summed E-state index contributed by atoms with van der Waals surface area (Å²) in [7, 11) is 0. The predicted octanol–water partition coefficient (Wildman–Crippen LogP) is 4.51. The molecule has 0 saturated carbocycles. The van der Waals surface area contributed by atoms with Crippen molar-refractivity contribution in [1.82, 2.24) is 0 Å². The van der Waals surface area contributed by atoms with Crippen molar-refractivity contribution in [1.29, 1.82) is 0 Å². The molecule has 8 heteroatoms. The smallest absolute Gasteiger partial charge is 0.309 e. The molecule has 0 bridgehead atoms. The molecule has 29 heavy (non-hydrogen) atoms. The molecule has 0 radical (unpaired) electrons. The summed E-state index contributed by atoms with van der Waals surface area (Å²) in [5, 5.41) is 19.8. The van der Waals surface area contributed by atoms with Gasteiger partial charge < -0.3 is 19.4 Å². The number of aliphatic hydroxyl groups excluding tert-OH is 1. The van der Waals surface area contributed by atoms with Crippen molar-refractivity contribution in [3.05, 3.63) is 63.8 Å². The highest BCUT2D eigenvalue weighted by molar-refractivity contribution is 6.35. The summed E-state index contributed by atoms with van der Waals surface area (Å²) in [5.74, 6) is -2.00. The summed E-state index contributed by atoms with van der Waals surface area (Å²) in [6.07, 6.45) is 1.26. The Hall–Kier alpha value is -2.54. The number of halogens is 2. The Kier molecular flexibility index (Phi) is 6.79. The van der Waals surface area contributed by atoms with Gasteiger partial charge in [0.05, 0.1) is 18.8 Å². The molecule has 0 aliphatic rings. The molecule has 3 aromatic rings. The van der Waals surface area contributed by atoms with Crippen LogP contribution in [0, 0.1) is 5.92 Å². The molecule has 0 aliphatic carbocycles. The fourth-order valence-electron chi connectivity index (χ4n) is 2.88. The van der Waals surface area contributed by atoms with Crippen molar-refractivity contribution < 1.29 is 29.0 Å². The minimum atomic E-state index is -1.19. The second-order valence-electron chi connectivity index (χ2n) is 6.58. The number of aliphatic carboxylic acids is 1. The summed E-state index contributed by atoms with van der Waals surface area (Å²) in [6.45, 7) is -0.323. The Morgan fingerprint density at radius 2 is 1.90 bits per heavy atom. The first-order valence-corrected chi connectivity index (χ1v) is 9.55. The number of benzene rings is 2. The van der Waals surface area contributed by atoms with Crippen LogP contribution in [0.5, 0.6) is 5.75 Å². The minimum absolute atomic E-state index is 0.0252. The van der Waals surface area contributed by atoms with E-state index in [4.69, 9.17) is 42.6 Å². The second kappa shape index (κ2) is 9.31. The molecular weight excluding hydrogens is 419 g/mol. The molecule has 6 nitrogen and oxygen atoms in total. The Balaban J connectivity index is 1.67. The molecule has 1 atom stereocenters. The molecule has 2 aromatic carbocycles. The van der Waals surface area contributed by atoms with E-state index in [0.717, 1.165) is 10.9 Å². The largest absolute Gasteiger partial charge is 0.489 e. The molecule has 0 aliphatic heterocycles. The first-order valence-electron chi connectivity index (χ1n) is 8.79. The molecule has 3 rings (SSSR count). The topological polar surface area (TPSA) is 97.0 Å². The maximum absolute atomic E-state index is 12.1. The first kappa shape index (κ1) is 21.2. The normalized spacial score (nSPS) is 12.1. The molecule has 1 unspecified atom stereocenters. The summed E-state index contributed by atoms with van der Waals surface area (Å²) in [6, 6.07) is 10.4. The number of hydrogen-bond acceptors (Lipinski definition) is 5. The van der Waals surface area contributed by atoms with Crippen molar-refractivity contribution in [2.24, 2.45) is 5.92 Å². The highest BCUT2D eigenvalue weighted by Crippen LogP contribution is 2.28. The summed E-state index contributed by atoms with van der Waals surface area (Å²) < 4.78 is 11.3. The fourth-order valence-corrected chi connectivity index (χ4v) is 3.34. The van der Waals surface area contributed by atoms with Gasteiger partial charge in [-0.15, -0.1) is 0 Å². The Morgan fingerprint density at radius 1 is 1.10 bits per heavy atom. The average molecular weight is 437 g/mol. The van der Waals surface area contributed by atoms with Gasteiger partial charge in [-0.1, -0.05) is 29.3 Å². The van der Waals surface area contributed by atoms with E-state index >= 15 is 0 Å². The van der Waals surface area contributed by atoms with Crippen LogP contribution in [0.4, 0.5) is 0 Å². The van der Waals surface area contributed by atoms with Crippen LogP contribution in [-0.2, 0) is 22.6 Å². The Bertz CT molecular complexity index is 1040. The van der Waals surface area contributed by atoms with E-state index < -0.39 is 18.5 Å². The standard InChI is InChI=1S/C21H18Cl2O6/c22-15-2-1-12(19(23)7-15)10-28-17-3-4-18-14(11-29-20(18)8-17)6-16(25)5-13(9-24)21(26)27/h1-4,7-8,11,13,24H,5-6,9-10H2,(H,26,27). The quantitative estimate of drug-likeness (QED) is 0.511. The molecule has 1 aromatic heterocycles. The SMILES string of the molecule is O=C(Cc1coc2cc(OCc3ccc(Cl)cc3Cl)ccc12)CC(CO)C(=O)O. The number of rotatable bonds is 9. The van der Waals surface area contributed by atoms with E-state index in [1.54, 1.807) is 36.4 Å². The summed E-state index contributed by atoms with van der Waals surface area (Å²) in [5.41, 5.74) is 1.99. The lowest BCUT2D eigenvalue weighted by atomic mass is 9.99. The van der Waals surface area contributed by atoms with Crippen molar-refractivity contribution in [3.63, 3.8) is 0 Å². The zero-order valence-electron chi connectivity index (χ0n) is 15.2. The van der Waals surface area contributed by atoms with Gasteiger partial charge in [-0.05, 0) is 24.3 Å². The third-order valence-corrected chi connectivity index (χ3v) is 5.05. The molecule has 1 heterocycles. The monoisotopic (exact) mass is 436 g/mol. The van der Waals surface area contributed by atoms with E-state index in [0.29, 0.717) is 26.9 Å². The number of carbonyl (C=O) groups excluding carboxylic acids is 1. The number of carboxylic acid groups (broad SMARTS) is 1. The number of hydrogen-bond donors (Lipinski definition) is 2. The summed E-state index contributed by atoms with van der Waals surface area (Å²) in [4.78, 5) is 23.1. The van der Waals surface area contributed by atoms with Crippen LogP contribution in [0.3, 0.4) is 0 Å². The van der Waals surface area contributed by atoms with Gasteiger partial charge >= 0.3 is 5.97 Å². The number of aliphatic hydroxyl groups is 1. The van der Waals surface area contributed by atoms with Gasteiger partial charge in [0.25, 0.3) is 0 Å². The lowest BCUT2D eigenvalue weighted by Crippen LogP contribution is -2.22. The lowest BCUT2D eigenvalue weighted by Gasteiger charge is -2.08. The van der Waals surface area contributed by atoms with Gasteiger partial charge in [0.2, 0.25) is 0 Å². The van der Waals surface area contributed by atoms with Crippen molar-refractivity contribution in [2.45, 2.75) is 19.4 Å². The number of ether oxygens (including phenoxy) is 1. The van der Waals surface area contributed by atoms with E-state index in [-0.39, 0.29) is 25.2 Å². The highest BCUT2D eigenvalue weighted by Gasteiger charge is 2.21. The third-order valence-electron chi connectivity index (χ3n) is 4.47. The van der Waals surface area contributed by atoms with E-state index in [9.17, 15) is 9.59 Å². The van der Waals surface area contributed by atoms with Gasteiger partial charge in [0.1, 0.15) is 23.7 Å². The number of fused-ring (bicyclic) bond motifs is 1. The van der Waals surface area contributed by atoms with Gasteiger partial charge in [0.15, 0.2) is 0 Å². The van der Waals surface area contributed by atoms with Crippen LogP contribution >= 0.6 is 23.2 Å². The first-order chi connectivity index (χ1) is 13.9. The van der Waals surface area contributed by atoms with Gasteiger partial charge in [0, 0.05) is 45.5 Å². The highest BCUT2D eigenvalue weighted by atomic mass is 35.5. The number of furan rings is 1. The van der Waals surface area contributed by atoms with E-state index in [1.165, 1.54) is 6.26 Å². The predicted molar refractivity (Wildman–Crippen MR) is 109 cm³/mol. The van der Waals surface area contributed by atoms with Gasteiger partial charge in [-0.25, -0.2) is 0 Å². The molecule has 0 amide bonds. The molecular formula is C21H18Cl2O6. The Labute approximate surface area is 176 Å². The number of Topliss-reactive ketones (excluding diaryl/α,β-unsaturated/α-hetero) is 1. The van der Waals surface area contributed by atoms with Gasteiger partial charge in [-0.3, -0.25) is 9.59 Å². The van der Waals surface area contributed by atoms with Crippen molar-refractivity contribution >= 4 is 45.9 Å². The van der Waals surface area contributed by atoms with Crippen LogP contribution in [0.1, 0.15) is 17.5 Å². The number of carbonyl (C=O) groups is 2. The minimum Gasteiger partial charge on any atom is -0.489 e. The fraction of sp³-hybridized carbons (Fsp3) is 0.238. The maximum atomic E-state index is 12.1. The molecule has 0 fully saturated rings. The Morgan fingerprint density at radius 3 is 2.59 bits per heavy atom. The molecule has 152 valence electrons. The van der Waals surface area contributed by atoms with Crippen LogP contribution in [0.2, 0.25) is 10.0 Å². The van der Waals surface area contributed by atoms with Crippen LogP contribution in [-0.4, -0.2) is 28.6 Å². The zero-order chi connectivity index (χ0) is 21.0. The molecule has 0 saturated heterocycles. The molecule has 2 N–H and O–H groups in total. The van der Waals surface area contributed by atoms with Crippen molar-refractivity contribution in [2.75, 3.05) is 6.61 Å². The zero-order valence-corrected chi connectivity index (χ0v) is 16.7. The van der Waals surface area contributed by atoms with E-state index in [2.05, 4.69) is 0 Å². The van der Waals surface area contributed by atoms with E-state index in [1.807, 2.05) is 0 Å². The van der Waals surface area contributed by atoms with Crippen LogP contribution in [0.15, 0.2) is 47.1 Å². The maximum Gasteiger partial charge on any atom is 0.309 e. The summed E-state index contributed by atoms with van der Waals surface area (Å²) >= 11 is 12.0. The van der Waals surface area contributed by atoms with Gasteiger partial charge in [-0.2, -0.15) is 0 Å². The third kappa shape index (κ3) is 5.29. The number of ketones is 1. The molecule has 0 spiro atoms. The second-order valence-corrected chi connectivity index (χ2v) is 7.42. The average Bonchev–Trinajstić information content (AvgIpc) is 3.07. The van der Waals surface area contributed by atoms with Crippen LogP contribution in [0.25, 0.3) is 11.0 Å². The number of carboxylic acids is 1. The van der Waals surface area contributed by atoms with Crippen LogP contribution < -0.4 is 4.74 Å². The lowest BCUT2D eigenvalue weighted by molar-refractivity contribution is -0.145.